The fourth-order valence-corrected chi connectivity index (χ4v) is 1.39. The van der Waals surface area contributed by atoms with Crippen molar-refractivity contribution in [2.75, 3.05) is 0 Å². The molecule has 0 fully saturated rings. The van der Waals surface area contributed by atoms with Gasteiger partial charge in [-0.3, -0.25) is 0 Å². The molecule has 0 aromatic carbocycles. The maximum absolute atomic E-state index is 10.7. The van der Waals surface area contributed by atoms with Gasteiger partial charge >= 0.3 is 5.97 Å². The molecule has 0 heterocycles. The number of aliphatic hydroxyl groups excluding tert-OH is 1. The van der Waals surface area contributed by atoms with Gasteiger partial charge < -0.3 is 10.2 Å². The predicted octanol–water partition coefficient (Wildman–Crippen LogP) is 2.90. The van der Waals surface area contributed by atoms with Crippen LogP contribution in [0.3, 0.4) is 0 Å². The lowest BCUT2D eigenvalue weighted by Crippen LogP contribution is -2.04. The van der Waals surface area contributed by atoms with Crippen molar-refractivity contribution in [3.63, 3.8) is 0 Å². The van der Waals surface area contributed by atoms with E-state index < -0.39 is 5.97 Å². The van der Waals surface area contributed by atoms with Gasteiger partial charge in [0.1, 0.15) is 5.76 Å². The number of hydrogen-bond acceptors (Lipinski definition) is 2. The van der Waals surface area contributed by atoms with Gasteiger partial charge in [0.15, 0.2) is 0 Å². The molecule has 0 unspecified atom stereocenters. The number of rotatable bonds is 4. The van der Waals surface area contributed by atoms with Crippen LogP contribution in [-0.2, 0) is 4.79 Å². The Bertz CT molecular complexity index is 422. The lowest BCUT2D eigenvalue weighted by atomic mass is 9.93. The first kappa shape index (κ1) is 12.0. The molecule has 0 aliphatic heterocycles. The summed E-state index contributed by atoms with van der Waals surface area (Å²) in [4.78, 5) is 10.7. The highest BCUT2D eigenvalue weighted by atomic mass is 16.4. The maximum atomic E-state index is 10.7. The average molecular weight is 218 g/mol. The smallest absolute Gasteiger partial charge is 0.331 e. The second kappa shape index (κ2) is 5.16. The van der Waals surface area contributed by atoms with E-state index in [2.05, 4.69) is 13.2 Å². The van der Waals surface area contributed by atoms with Crippen molar-refractivity contribution in [3.05, 3.63) is 59.9 Å². The summed E-state index contributed by atoms with van der Waals surface area (Å²) in [5, 5.41) is 17.6. The predicted molar refractivity (Wildman–Crippen MR) is 63.1 cm³/mol. The topological polar surface area (TPSA) is 57.5 Å². The summed E-state index contributed by atoms with van der Waals surface area (Å²) in [7, 11) is 0. The van der Waals surface area contributed by atoms with Gasteiger partial charge in [-0.25, -0.2) is 4.79 Å². The van der Waals surface area contributed by atoms with Crippen molar-refractivity contribution in [1.82, 2.24) is 0 Å². The zero-order chi connectivity index (χ0) is 12.1. The summed E-state index contributed by atoms with van der Waals surface area (Å²) in [6.45, 7) is 7.16. The van der Waals surface area contributed by atoms with E-state index in [-0.39, 0.29) is 5.76 Å². The first-order chi connectivity index (χ1) is 7.50. The molecule has 0 amide bonds. The minimum Gasteiger partial charge on any atom is -0.509 e. The van der Waals surface area contributed by atoms with Gasteiger partial charge in [-0.15, -0.1) is 0 Å². The molecule has 3 heteroatoms. The first-order valence-electron chi connectivity index (χ1n) is 4.89. The van der Waals surface area contributed by atoms with Crippen LogP contribution in [0.4, 0.5) is 0 Å². The summed E-state index contributed by atoms with van der Waals surface area (Å²) >= 11 is 0. The van der Waals surface area contributed by atoms with Gasteiger partial charge in [-0.2, -0.15) is 0 Å². The maximum Gasteiger partial charge on any atom is 0.331 e. The van der Waals surface area contributed by atoms with Crippen LogP contribution in [0, 0.1) is 0 Å². The Kier molecular flexibility index (Phi) is 3.89. The van der Waals surface area contributed by atoms with Gasteiger partial charge in [-0.1, -0.05) is 31.4 Å². The summed E-state index contributed by atoms with van der Waals surface area (Å²) < 4.78 is 0. The number of hydrogen-bond donors (Lipinski definition) is 2. The van der Waals surface area contributed by atoms with Crippen molar-refractivity contribution in [2.45, 2.75) is 12.8 Å². The van der Waals surface area contributed by atoms with Crippen LogP contribution in [0.5, 0.6) is 0 Å². The molecule has 1 rings (SSSR count). The van der Waals surface area contributed by atoms with E-state index in [0.29, 0.717) is 18.4 Å². The van der Waals surface area contributed by atoms with Crippen LogP contribution in [0.15, 0.2) is 59.9 Å². The van der Waals surface area contributed by atoms with E-state index in [1.807, 2.05) is 0 Å². The number of carboxylic acid groups (broad SMARTS) is 1. The Balaban J connectivity index is 2.74. The molecule has 1 aliphatic rings. The van der Waals surface area contributed by atoms with Crippen molar-refractivity contribution in [2.24, 2.45) is 0 Å². The minimum atomic E-state index is -0.875. The molecule has 0 spiro atoms. The molecule has 84 valence electrons. The average Bonchev–Trinajstić information content (AvgIpc) is 2.26. The lowest BCUT2D eigenvalue weighted by molar-refractivity contribution is -0.132. The Morgan fingerprint density at radius 1 is 1.12 bits per heavy atom. The van der Waals surface area contributed by atoms with Crippen LogP contribution >= 0.6 is 0 Å². The molecule has 0 aromatic rings. The number of carbonyl (C=O) groups is 1. The molecule has 0 saturated heterocycles. The third kappa shape index (κ3) is 3.28. The third-order valence-electron chi connectivity index (χ3n) is 2.31. The molecule has 0 radical (unpaired) electrons. The van der Waals surface area contributed by atoms with Crippen LogP contribution in [0.2, 0.25) is 0 Å². The lowest BCUT2D eigenvalue weighted by Gasteiger charge is -2.12. The van der Waals surface area contributed by atoms with Gasteiger partial charge in [0.25, 0.3) is 0 Å². The Morgan fingerprint density at radius 2 is 1.69 bits per heavy atom. The van der Waals surface area contributed by atoms with Crippen LogP contribution in [0.1, 0.15) is 12.8 Å². The highest BCUT2D eigenvalue weighted by Crippen LogP contribution is 2.24. The fraction of sp³-hybridized carbons (Fsp3) is 0.154. The molecule has 16 heavy (non-hydrogen) atoms. The second-order valence-corrected chi connectivity index (χ2v) is 3.54. The van der Waals surface area contributed by atoms with E-state index >= 15 is 0 Å². The number of aliphatic carboxylic acids is 1. The number of allylic oxidation sites excluding steroid dienone is 6. The molecule has 2 N–H and O–H groups in total. The van der Waals surface area contributed by atoms with E-state index in [0.717, 1.165) is 11.1 Å². The molecule has 0 bridgehead atoms. The van der Waals surface area contributed by atoms with Crippen molar-refractivity contribution in [1.29, 1.82) is 0 Å². The molecule has 0 aromatic heterocycles. The zero-order valence-electron chi connectivity index (χ0n) is 8.94. The van der Waals surface area contributed by atoms with Gasteiger partial charge in [0.2, 0.25) is 0 Å². The van der Waals surface area contributed by atoms with Crippen molar-refractivity contribution < 1.29 is 15.0 Å². The molecule has 0 saturated carbocycles. The molecular formula is C13H14O3. The van der Waals surface area contributed by atoms with Gasteiger partial charge in [-0.05, 0) is 30.1 Å². The van der Waals surface area contributed by atoms with Crippen LogP contribution in [0.25, 0.3) is 0 Å². The van der Waals surface area contributed by atoms with E-state index in [9.17, 15) is 4.79 Å². The monoisotopic (exact) mass is 218 g/mol. The highest BCUT2D eigenvalue weighted by molar-refractivity contribution is 5.87. The van der Waals surface area contributed by atoms with Crippen LogP contribution < -0.4 is 0 Å². The van der Waals surface area contributed by atoms with Crippen LogP contribution in [-0.4, -0.2) is 16.2 Å². The van der Waals surface area contributed by atoms with E-state index in [1.54, 1.807) is 18.2 Å². The number of carboxylic acids is 1. The molecule has 0 atom stereocenters. The Labute approximate surface area is 94.4 Å². The molecule has 3 nitrogen and oxygen atoms in total. The van der Waals surface area contributed by atoms with Gasteiger partial charge in [0.05, 0.1) is 0 Å². The first-order valence-corrected chi connectivity index (χ1v) is 4.89. The minimum absolute atomic E-state index is 0.0284. The largest absolute Gasteiger partial charge is 0.509 e. The highest BCUT2D eigenvalue weighted by Gasteiger charge is 2.12. The molecule has 1 aliphatic carbocycles. The second-order valence-electron chi connectivity index (χ2n) is 3.54. The molecular weight excluding hydrogens is 204 g/mol. The van der Waals surface area contributed by atoms with E-state index in [1.165, 1.54) is 6.08 Å². The van der Waals surface area contributed by atoms with Crippen molar-refractivity contribution in [3.8, 4) is 0 Å². The third-order valence-corrected chi connectivity index (χ3v) is 2.31. The summed E-state index contributed by atoms with van der Waals surface area (Å²) in [5.74, 6) is -0.903. The zero-order valence-corrected chi connectivity index (χ0v) is 8.94. The van der Waals surface area contributed by atoms with Gasteiger partial charge in [0, 0.05) is 5.57 Å². The summed E-state index contributed by atoms with van der Waals surface area (Å²) in [5.41, 5.74) is 2.14. The summed E-state index contributed by atoms with van der Waals surface area (Å²) in [6, 6.07) is 0. The van der Waals surface area contributed by atoms with Crippen molar-refractivity contribution >= 4 is 5.97 Å². The normalized spacial score (nSPS) is 15.5. The quantitative estimate of drug-likeness (QED) is 0.563. The van der Waals surface area contributed by atoms with E-state index in [4.69, 9.17) is 10.2 Å². The Morgan fingerprint density at radius 3 is 2.12 bits per heavy atom. The fourth-order valence-electron chi connectivity index (χ4n) is 1.39. The Hall–Kier alpha value is -2.03. The number of aliphatic hydroxyl groups is 1. The standard InChI is InChI=1S/C13H14O3/c1-9(3-4-10(2)14)11-5-7-12(8-6-11)13(15)16/h3-5,7,14H,1-2,6,8H2,(H,15,16)/b4-3-. The summed E-state index contributed by atoms with van der Waals surface area (Å²) in [6.07, 6.45) is 7.62. The SMILES string of the molecule is C=C(O)/C=C\C(=C)C1=CC=C(C(=O)O)CC1.